The number of aromatic nitrogens is 1. The third-order valence-corrected chi connectivity index (χ3v) is 2.95. The predicted octanol–water partition coefficient (Wildman–Crippen LogP) is -0.236. The quantitative estimate of drug-likeness (QED) is 0.756. The number of hydrogen-bond acceptors (Lipinski definition) is 4. The topological polar surface area (TPSA) is 65.5 Å². The highest BCUT2D eigenvalue weighted by atomic mass is 16.3. The molecule has 1 aliphatic rings. The van der Waals surface area contributed by atoms with Crippen LogP contribution >= 0.6 is 0 Å². The van der Waals surface area contributed by atoms with Crippen molar-refractivity contribution in [2.75, 3.05) is 19.7 Å². The average Bonchev–Trinajstić information content (AvgIpc) is 2.35. The van der Waals surface area contributed by atoms with Crippen LogP contribution in [0.1, 0.15) is 12.0 Å². The number of carbonyl (C=O) groups is 1. The molecule has 1 amide bonds. The van der Waals surface area contributed by atoms with Crippen LogP contribution in [0.2, 0.25) is 0 Å². The van der Waals surface area contributed by atoms with Crippen molar-refractivity contribution >= 4 is 5.91 Å². The minimum absolute atomic E-state index is 0.00851. The van der Waals surface area contributed by atoms with Crippen LogP contribution in [0.4, 0.5) is 0 Å². The highest BCUT2D eigenvalue weighted by molar-refractivity contribution is 5.82. The Hall–Kier alpha value is -1.46. The summed E-state index contributed by atoms with van der Waals surface area (Å²) >= 11 is 0. The maximum atomic E-state index is 11.7. The summed E-state index contributed by atoms with van der Waals surface area (Å²) in [7, 11) is 0. The van der Waals surface area contributed by atoms with E-state index in [2.05, 4.69) is 15.2 Å². The van der Waals surface area contributed by atoms with E-state index in [1.54, 1.807) is 6.20 Å². The molecule has 0 spiro atoms. The van der Waals surface area contributed by atoms with E-state index < -0.39 is 0 Å². The third kappa shape index (κ3) is 3.01. The van der Waals surface area contributed by atoms with E-state index in [1.165, 1.54) is 0 Å². The fourth-order valence-corrected chi connectivity index (χ4v) is 2.11. The van der Waals surface area contributed by atoms with Crippen molar-refractivity contribution in [2.45, 2.75) is 19.0 Å². The first-order valence-electron chi connectivity index (χ1n) is 5.83. The second-order valence-electron chi connectivity index (χ2n) is 4.15. The van der Waals surface area contributed by atoms with Gasteiger partial charge in [0.05, 0.1) is 6.04 Å². The Bertz CT molecular complexity index is 369. The van der Waals surface area contributed by atoms with Crippen LogP contribution in [0, 0.1) is 0 Å². The molecule has 17 heavy (non-hydrogen) atoms. The molecule has 1 unspecified atom stereocenters. The summed E-state index contributed by atoms with van der Waals surface area (Å²) in [6.45, 7) is 2.21. The lowest BCUT2D eigenvalue weighted by molar-refractivity contribution is -0.129. The van der Waals surface area contributed by atoms with Crippen molar-refractivity contribution in [3.05, 3.63) is 30.1 Å². The fraction of sp³-hybridized carbons (Fsp3) is 0.500. The summed E-state index contributed by atoms with van der Waals surface area (Å²) in [5, 5.41) is 11.8. The number of rotatable bonds is 4. The van der Waals surface area contributed by atoms with Gasteiger partial charge in [-0.25, -0.2) is 0 Å². The summed E-state index contributed by atoms with van der Waals surface area (Å²) in [5.74, 6) is 0.00851. The van der Waals surface area contributed by atoms with Crippen LogP contribution < -0.4 is 5.32 Å². The molecule has 1 saturated heterocycles. The van der Waals surface area contributed by atoms with Gasteiger partial charge in [0.2, 0.25) is 5.91 Å². The normalized spacial score (nSPS) is 21.2. The number of aliphatic hydroxyl groups excluding tert-OH is 1. The molecule has 2 rings (SSSR count). The third-order valence-electron chi connectivity index (χ3n) is 2.95. The molecule has 2 N–H and O–H groups in total. The molecule has 5 nitrogen and oxygen atoms in total. The van der Waals surface area contributed by atoms with Gasteiger partial charge in [-0.3, -0.25) is 14.7 Å². The number of hydrogen-bond donors (Lipinski definition) is 2. The number of amides is 1. The van der Waals surface area contributed by atoms with Crippen molar-refractivity contribution in [2.24, 2.45) is 0 Å². The Labute approximate surface area is 100 Å². The number of aliphatic hydroxyl groups is 1. The Balaban J connectivity index is 2.04. The molecule has 5 heteroatoms. The molecule has 1 aromatic rings. The number of piperazine rings is 1. The second kappa shape index (κ2) is 5.75. The maximum Gasteiger partial charge on any atom is 0.237 e. The Morgan fingerprint density at radius 3 is 3.18 bits per heavy atom. The molecule has 1 aromatic heterocycles. The zero-order valence-electron chi connectivity index (χ0n) is 9.67. The summed E-state index contributed by atoms with van der Waals surface area (Å²) in [6.07, 6.45) is 4.02. The zero-order valence-corrected chi connectivity index (χ0v) is 9.67. The maximum absolute atomic E-state index is 11.7. The van der Waals surface area contributed by atoms with E-state index in [4.69, 9.17) is 5.11 Å². The molecule has 2 heterocycles. The lowest BCUT2D eigenvalue weighted by Crippen LogP contribution is -2.55. The minimum Gasteiger partial charge on any atom is -0.396 e. The van der Waals surface area contributed by atoms with E-state index in [-0.39, 0.29) is 18.6 Å². The first-order chi connectivity index (χ1) is 8.31. The van der Waals surface area contributed by atoms with Crippen LogP contribution in [0.5, 0.6) is 0 Å². The van der Waals surface area contributed by atoms with Crippen LogP contribution in [0.3, 0.4) is 0 Å². The number of pyridine rings is 1. The lowest BCUT2D eigenvalue weighted by Gasteiger charge is -2.34. The van der Waals surface area contributed by atoms with E-state index in [1.807, 2.05) is 18.3 Å². The minimum atomic E-state index is -0.228. The number of carbonyl (C=O) groups excluding carboxylic acids is 1. The monoisotopic (exact) mass is 235 g/mol. The largest absolute Gasteiger partial charge is 0.396 e. The standard InChI is InChI=1S/C12H17N3O2/c16-7-3-11-12(17)14-5-6-15(11)9-10-2-1-4-13-8-10/h1-2,4,8,11,16H,3,5-7,9H2,(H,14,17). The van der Waals surface area contributed by atoms with Gasteiger partial charge in [0.15, 0.2) is 0 Å². The molecule has 0 bridgehead atoms. The smallest absolute Gasteiger partial charge is 0.237 e. The molecule has 0 aliphatic carbocycles. The van der Waals surface area contributed by atoms with Gasteiger partial charge >= 0.3 is 0 Å². The summed E-state index contributed by atoms with van der Waals surface area (Å²) < 4.78 is 0. The molecule has 0 radical (unpaired) electrons. The highest BCUT2D eigenvalue weighted by Gasteiger charge is 2.28. The molecule has 1 fully saturated rings. The zero-order chi connectivity index (χ0) is 12.1. The van der Waals surface area contributed by atoms with Gasteiger partial charge in [0.25, 0.3) is 0 Å². The second-order valence-corrected chi connectivity index (χ2v) is 4.15. The van der Waals surface area contributed by atoms with Gasteiger partial charge in [-0.2, -0.15) is 0 Å². The molecule has 0 aromatic carbocycles. The fourth-order valence-electron chi connectivity index (χ4n) is 2.11. The Morgan fingerprint density at radius 2 is 2.47 bits per heavy atom. The average molecular weight is 235 g/mol. The molecule has 0 saturated carbocycles. The van der Waals surface area contributed by atoms with Crippen LogP contribution in [-0.4, -0.2) is 46.6 Å². The van der Waals surface area contributed by atoms with Crippen LogP contribution in [0.15, 0.2) is 24.5 Å². The Morgan fingerprint density at radius 1 is 1.59 bits per heavy atom. The first kappa shape index (κ1) is 12.0. The van der Waals surface area contributed by atoms with Crippen molar-refractivity contribution < 1.29 is 9.90 Å². The summed E-state index contributed by atoms with van der Waals surface area (Å²) in [4.78, 5) is 17.9. The molecular formula is C12H17N3O2. The van der Waals surface area contributed by atoms with Gasteiger partial charge in [-0.1, -0.05) is 6.07 Å². The SMILES string of the molecule is O=C1NCCN(Cc2cccnc2)C1CCO. The highest BCUT2D eigenvalue weighted by Crippen LogP contribution is 2.12. The first-order valence-corrected chi connectivity index (χ1v) is 5.83. The van der Waals surface area contributed by atoms with Crippen LogP contribution in [-0.2, 0) is 11.3 Å². The molecule has 1 aliphatic heterocycles. The molecule has 92 valence electrons. The van der Waals surface area contributed by atoms with E-state index in [0.29, 0.717) is 19.5 Å². The van der Waals surface area contributed by atoms with Gasteiger partial charge in [-0.05, 0) is 18.1 Å². The number of nitrogens with zero attached hydrogens (tertiary/aromatic N) is 2. The predicted molar refractivity (Wildman–Crippen MR) is 63.1 cm³/mol. The number of nitrogens with one attached hydrogen (secondary N) is 1. The van der Waals surface area contributed by atoms with E-state index in [0.717, 1.165) is 12.1 Å². The van der Waals surface area contributed by atoms with Crippen molar-refractivity contribution in [1.29, 1.82) is 0 Å². The van der Waals surface area contributed by atoms with Gasteiger partial charge in [-0.15, -0.1) is 0 Å². The Kier molecular flexibility index (Phi) is 4.06. The lowest BCUT2D eigenvalue weighted by atomic mass is 10.1. The van der Waals surface area contributed by atoms with E-state index in [9.17, 15) is 4.79 Å². The van der Waals surface area contributed by atoms with Crippen molar-refractivity contribution in [3.8, 4) is 0 Å². The van der Waals surface area contributed by atoms with Crippen molar-refractivity contribution in [1.82, 2.24) is 15.2 Å². The van der Waals surface area contributed by atoms with Gasteiger partial charge in [0, 0.05) is 38.6 Å². The van der Waals surface area contributed by atoms with Gasteiger partial charge in [0.1, 0.15) is 0 Å². The molecule has 1 atom stereocenters. The molecular weight excluding hydrogens is 218 g/mol. The van der Waals surface area contributed by atoms with Crippen LogP contribution in [0.25, 0.3) is 0 Å². The summed E-state index contributed by atoms with van der Waals surface area (Å²) in [6, 6.07) is 3.66. The summed E-state index contributed by atoms with van der Waals surface area (Å²) in [5.41, 5.74) is 1.09. The van der Waals surface area contributed by atoms with Gasteiger partial charge < -0.3 is 10.4 Å². The van der Waals surface area contributed by atoms with Crippen molar-refractivity contribution in [3.63, 3.8) is 0 Å². The van der Waals surface area contributed by atoms with E-state index >= 15 is 0 Å².